The summed E-state index contributed by atoms with van der Waals surface area (Å²) in [5.41, 5.74) is 4.86. The van der Waals surface area contributed by atoms with Gasteiger partial charge in [-0.2, -0.15) is 0 Å². The fourth-order valence-corrected chi connectivity index (χ4v) is 5.72. The maximum absolute atomic E-state index is 5.57. The molecule has 6 rings (SSSR count). The summed E-state index contributed by atoms with van der Waals surface area (Å²) in [6, 6.07) is 36.8. The molecule has 0 N–H and O–H groups in total. The number of thiophene rings is 1. The van der Waals surface area contributed by atoms with E-state index in [-0.39, 0.29) is 0 Å². The van der Waals surface area contributed by atoms with E-state index in [9.17, 15) is 0 Å². The van der Waals surface area contributed by atoms with Crippen LogP contribution in [0.2, 0.25) is 0 Å². The van der Waals surface area contributed by atoms with Gasteiger partial charge in [0.1, 0.15) is 5.75 Å². The summed E-state index contributed by atoms with van der Waals surface area (Å²) >= 11 is 1.87. The second kappa shape index (κ2) is 7.26. The van der Waals surface area contributed by atoms with Crippen molar-refractivity contribution < 1.29 is 4.74 Å². The molecule has 6 aromatic rings. The maximum atomic E-state index is 5.57. The lowest BCUT2D eigenvalue weighted by atomic mass is 9.90. The van der Waals surface area contributed by atoms with Gasteiger partial charge in [0, 0.05) is 20.2 Å². The normalized spacial score (nSPS) is 11.4. The number of rotatable bonds is 3. The molecule has 2 heteroatoms. The first kappa shape index (κ1) is 18.2. The first-order valence-corrected chi connectivity index (χ1v) is 11.2. The highest BCUT2D eigenvalue weighted by atomic mass is 32.1. The number of hydrogen-bond acceptors (Lipinski definition) is 2. The van der Waals surface area contributed by atoms with Gasteiger partial charge in [0.15, 0.2) is 0 Å². The number of methoxy groups -OCH3 is 1. The second-order valence-corrected chi connectivity index (χ2v) is 8.80. The van der Waals surface area contributed by atoms with E-state index in [0.717, 1.165) is 5.75 Å². The van der Waals surface area contributed by atoms with Gasteiger partial charge in [-0.1, -0.05) is 78.9 Å². The summed E-state index contributed by atoms with van der Waals surface area (Å²) in [6.45, 7) is 0. The van der Waals surface area contributed by atoms with Gasteiger partial charge in [0.05, 0.1) is 7.11 Å². The zero-order valence-corrected chi connectivity index (χ0v) is 17.9. The van der Waals surface area contributed by atoms with Crippen LogP contribution in [0.25, 0.3) is 53.2 Å². The van der Waals surface area contributed by atoms with Gasteiger partial charge in [0.2, 0.25) is 0 Å². The zero-order chi connectivity index (χ0) is 20.8. The van der Waals surface area contributed by atoms with Crippen LogP contribution in [0, 0.1) is 0 Å². The third-order valence-electron chi connectivity index (χ3n) is 5.99. The van der Waals surface area contributed by atoms with Crippen LogP contribution in [-0.2, 0) is 0 Å². The van der Waals surface area contributed by atoms with Crippen LogP contribution >= 0.6 is 11.3 Å². The topological polar surface area (TPSA) is 9.23 Å². The van der Waals surface area contributed by atoms with Gasteiger partial charge in [-0.3, -0.25) is 0 Å². The van der Waals surface area contributed by atoms with Crippen LogP contribution in [0.3, 0.4) is 0 Å². The minimum atomic E-state index is 0.870. The lowest BCUT2D eigenvalue weighted by Crippen LogP contribution is -1.90. The van der Waals surface area contributed by atoms with E-state index in [4.69, 9.17) is 4.74 Å². The molecule has 1 aromatic heterocycles. The third kappa shape index (κ3) is 2.91. The monoisotopic (exact) mass is 416 g/mol. The molecule has 0 saturated heterocycles. The maximum Gasteiger partial charge on any atom is 0.119 e. The largest absolute Gasteiger partial charge is 0.497 e. The fourth-order valence-electron chi connectivity index (χ4n) is 4.55. The molecule has 0 fully saturated rings. The molecule has 0 radical (unpaired) electrons. The van der Waals surface area contributed by atoms with Crippen molar-refractivity contribution in [3.63, 3.8) is 0 Å². The summed E-state index contributed by atoms with van der Waals surface area (Å²) < 4.78 is 8.22. The van der Waals surface area contributed by atoms with Crippen molar-refractivity contribution in [1.29, 1.82) is 0 Å². The van der Waals surface area contributed by atoms with Crippen molar-refractivity contribution >= 4 is 42.3 Å². The average molecular weight is 417 g/mol. The molecule has 148 valence electrons. The SMILES string of the molecule is COc1ccc(-c2cc3sc4ccccc4c3c3ccccc23)c(-c2ccccc2)c1. The first-order chi connectivity index (χ1) is 15.3. The van der Waals surface area contributed by atoms with Crippen LogP contribution in [0.1, 0.15) is 0 Å². The Morgan fingerprint density at radius 2 is 1.26 bits per heavy atom. The standard InChI is InChI=1S/C29H20OS/c1-30-20-15-16-22(25(17-20)19-9-3-2-4-10-19)26-18-28-29(23-12-6-5-11-21(23)26)24-13-7-8-14-27(24)31-28/h2-18H,1H3. The Kier molecular flexibility index (Phi) is 4.26. The lowest BCUT2D eigenvalue weighted by molar-refractivity contribution is 0.415. The first-order valence-electron chi connectivity index (χ1n) is 10.4. The minimum absolute atomic E-state index is 0.870. The zero-order valence-electron chi connectivity index (χ0n) is 17.1. The smallest absolute Gasteiger partial charge is 0.119 e. The molecule has 0 spiro atoms. The van der Waals surface area contributed by atoms with E-state index < -0.39 is 0 Å². The molecule has 31 heavy (non-hydrogen) atoms. The molecule has 5 aromatic carbocycles. The van der Waals surface area contributed by atoms with Crippen LogP contribution < -0.4 is 4.74 Å². The summed E-state index contributed by atoms with van der Waals surface area (Å²) in [5.74, 6) is 0.870. The van der Waals surface area contributed by atoms with Crippen molar-refractivity contribution in [3.05, 3.63) is 103 Å². The Morgan fingerprint density at radius 3 is 2.06 bits per heavy atom. The Hall–Kier alpha value is -3.62. The van der Waals surface area contributed by atoms with Crippen molar-refractivity contribution in [2.45, 2.75) is 0 Å². The number of hydrogen-bond donors (Lipinski definition) is 0. The summed E-state index contributed by atoms with van der Waals surface area (Å²) in [4.78, 5) is 0. The van der Waals surface area contributed by atoms with Gasteiger partial charge >= 0.3 is 0 Å². The van der Waals surface area contributed by atoms with E-state index in [1.54, 1.807) is 7.11 Å². The molecule has 1 nitrogen and oxygen atoms in total. The van der Waals surface area contributed by atoms with Crippen molar-refractivity contribution in [2.75, 3.05) is 7.11 Å². The van der Waals surface area contributed by atoms with Crippen LogP contribution in [-0.4, -0.2) is 7.11 Å². The van der Waals surface area contributed by atoms with E-state index in [1.165, 1.54) is 53.2 Å². The Bertz CT molecular complexity index is 1560. The van der Waals surface area contributed by atoms with E-state index in [2.05, 4.69) is 103 Å². The number of benzene rings is 5. The molecule has 0 aliphatic carbocycles. The number of fused-ring (bicyclic) bond motifs is 5. The fraction of sp³-hybridized carbons (Fsp3) is 0.0345. The van der Waals surface area contributed by atoms with Crippen molar-refractivity contribution in [3.8, 4) is 28.0 Å². The van der Waals surface area contributed by atoms with E-state index in [0.29, 0.717) is 0 Å². The van der Waals surface area contributed by atoms with Crippen LogP contribution in [0.4, 0.5) is 0 Å². The second-order valence-electron chi connectivity index (χ2n) is 7.72. The Morgan fingerprint density at radius 1 is 0.548 bits per heavy atom. The highest BCUT2D eigenvalue weighted by molar-refractivity contribution is 7.26. The van der Waals surface area contributed by atoms with Crippen molar-refractivity contribution in [1.82, 2.24) is 0 Å². The molecule has 0 aliphatic rings. The van der Waals surface area contributed by atoms with E-state index in [1.807, 2.05) is 11.3 Å². The highest BCUT2D eigenvalue weighted by Gasteiger charge is 2.16. The van der Waals surface area contributed by atoms with Gasteiger partial charge in [-0.25, -0.2) is 0 Å². The van der Waals surface area contributed by atoms with Gasteiger partial charge < -0.3 is 4.74 Å². The summed E-state index contributed by atoms with van der Waals surface area (Å²) in [6.07, 6.45) is 0. The highest BCUT2D eigenvalue weighted by Crippen LogP contribution is 2.45. The van der Waals surface area contributed by atoms with Crippen molar-refractivity contribution in [2.24, 2.45) is 0 Å². The molecule has 0 amide bonds. The molecular weight excluding hydrogens is 396 g/mol. The third-order valence-corrected chi connectivity index (χ3v) is 7.10. The van der Waals surface area contributed by atoms with Gasteiger partial charge in [-0.15, -0.1) is 11.3 Å². The molecule has 0 atom stereocenters. The van der Waals surface area contributed by atoms with E-state index >= 15 is 0 Å². The summed E-state index contributed by atoms with van der Waals surface area (Å²) in [5, 5.41) is 5.28. The molecule has 0 aliphatic heterocycles. The molecular formula is C29H20OS. The number of ether oxygens (including phenoxy) is 1. The minimum Gasteiger partial charge on any atom is -0.497 e. The van der Waals surface area contributed by atoms with Crippen LogP contribution in [0.15, 0.2) is 103 Å². The molecule has 1 heterocycles. The quantitative estimate of drug-likeness (QED) is 0.281. The summed E-state index contributed by atoms with van der Waals surface area (Å²) in [7, 11) is 1.72. The molecule has 0 unspecified atom stereocenters. The average Bonchev–Trinajstić information content (AvgIpc) is 3.22. The Labute approximate surface area is 185 Å². The Balaban J connectivity index is 1.74. The predicted molar refractivity (Wildman–Crippen MR) is 134 cm³/mol. The van der Waals surface area contributed by atoms with Crippen LogP contribution in [0.5, 0.6) is 5.75 Å². The molecule has 0 saturated carbocycles. The van der Waals surface area contributed by atoms with Gasteiger partial charge in [0.25, 0.3) is 0 Å². The van der Waals surface area contributed by atoms with Gasteiger partial charge in [-0.05, 0) is 57.3 Å². The predicted octanol–water partition coefficient (Wildman–Crippen LogP) is 8.55. The lowest BCUT2D eigenvalue weighted by Gasteiger charge is -2.15. The molecule has 0 bridgehead atoms.